The molecular formula is C16H17ClO3. The van der Waals surface area contributed by atoms with Crippen LogP contribution in [0.1, 0.15) is 18.9 Å². The van der Waals surface area contributed by atoms with Crippen LogP contribution in [0, 0.1) is 0 Å². The van der Waals surface area contributed by atoms with E-state index in [2.05, 4.69) is 6.92 Å². The number of rotatable bonds is 6. The Hall–Kier alpha value is -1.71. The third kappa shape index (κ3) is 3.65. The summed E-state index contributed by atoms with van der Waals surface area (Å²) in [6.07, 6.45) is 0.973. The van der Waals surface area contributed by atoms with Gasteiger partial charge in [-0.05, 0) is 42.8 Å². The monoisotopic (exact) mass is 292 g/mol. The first-order chi connectivity index (χ1) is 9.74. The fourth-order valence-electron chi connectivity index (χ4n) is 1.74. The lowest BCUT2D eigenvalue weighted by Gasteiger charge is -2.11. The smallest absolute Gasteiger partial charge is 0.134 e. The Bertz CT molecular complexity index is 552. The molecule has 0 aliphatic carbocycles. The highest BCUT2D eigenvalue weighted by molar-refractivity contribution is 6.31. The summed E-state index contributed by atoms with van der Waals surface area (Å²) >= 11 is 6.02. The Kier molecular flexibility index (Phi) is 5.27. The Morgan fingerprint density at radius 3 is 2.40 bits per heavy atom. The van der Waals surface area contributed by atoms with Crippen molar-refractivity contribution < 1.29 is 14.6 Å². The molecule has 1 N–H and O–H groups in total. The van der Waals surface area contributed by atoms with Crippen LogP contribution in [0.4, 0.5) is 0 Å². The van der Waals surface area contributed by atoms with Crippen LogP contribution in [0.2, 0.25) is 5.02 Å². The molecule has 106 valence electrons. The highest BCUT2D eigenvalue weighted by Crippen LogP contribution is 2.31. The van der Waals surface area contributed by atoms with Gasteiger partial charge in [0.05, 0.1) is 13.2 Å². The number of benzene rings is 2. The van der Waals surface area contributed by atoms with E-state index in [1.54, 1.807) is 18.2 Å². The second kappa shape index (κ2) is 7.17. The van der Waals surface area contributed by atoms with E-state index in [1.807, 2.05) is 24.3 Å². The van der Waals surface area contributed by atoms with E-state index in [1.165, 1.54) is 0 Å². The highest BCUT2D eigenvalue weighted by atomic mass is 35.5. The van der Waals surface area contributed by atoms with Crippen molar-refractivity contribution in [1.29, 1.82) is 0 Å². The van der Waals surface area contributed by atoms with E-state index in [-0.39, 0.29) is 6.61 Å². The maximum atomic E-state index is 9.33. The number of halogens is 1. The molecule has 0 fully saturated rings. The van der Waals surface area contributed by atoms with Crippen LogP contribution in [-0.4, -0.2) is 11.7 Å². The van der Waals surface area contributed by atoms with Crippen molar-refractivity contribution in [1.82, 2.24) is 0 Å². The van der Waals surface area contributed by atoms with Gasteiger partial charge in [0.25, 0.3) is 0 Å². The summed E-state index contributed by atoms with van der Waals surface area (Å²) in [5.41, 5.74) is 0.584. The van der Waals surface area contributed by atoms with Gasteiger partial charge in [0, 0.05) is 10.6 Å². The Balaban J connectivity index is 2.12. The topological polar surface area (TPSA) is 38.7 Å². The first kappa shape index (κ1) is 14.7. The molecule has 0 aromatic heterocycles. The summed E-state index contributed by atoms with van der Waals surface area (Å²) in [6, 6.07) is 12.7. The quantitative estimate of drug-likeness (QED) is 0.857. The van der Waals surface area contributed by atoms with E-state index in [0.717, 1.165) is 12.2 Å². The second-order valence-corrected chi connectivity index (χ2v) is 4.70. The average molecular weight is 293 g/mol. The third-order valence-corrected chi connectivity index (χ3v) is 3.11. The maximum absolute atomic E-state index is 9.33. The van der Waals surface area contributed by atoms with Crippen LogP contribution in [0.5, 0.6) is 17.2 Å². The number of hydrogen-bond donors (Lipinski definition) is 1. The minimum Gasteiger partial charge on any atom is -0.494 e. The van der Waals surface area contributed by atoms with Crippen LogP contribution >= 0.6 is 11.6 Å². The van der Waals surface area contributed by atoms with Gasteiger partial charge < -0.3 is 14.6 Å². The Morgan fingerprint density at radius 2 is 1.75 bits per heavy atom. The predicted octanol–water partition coefficient (Wildman–Crippen LogP) is 4.41. The molecule has 0 radical (unpaired) electrons. The molecule has 20 heavy (non-hydrogen) atoms. The van der Waals surface area contributed by atoms with Gasteiger partial charge in [0.15, 0.2) is 0 Å². The molecule has 2 aromatic carbocycles. The summed E-state index contributed by atoms with van der Waals surface area (Å²) in [4.78, 5) is 0. The second-order valence-electron chi connectivity index (χ2n) is 4.30. The minimum absolute atomic E-state index is 0.160. The maximum Gasteiger partial charge on any atom is 0.134 e. The molecule has 0 amide bonds. The van der Waals surface area contributed by atoms with Crippen molar-refractivity contribution in [2.75, 3.05) is 6.61 Å². The standard InChI is InChI=1S/C16H17ClO3/c1-2-10-19-12-6-8-13(9-7-12)20-16-5-3-4-15(17)14(16)11-18/h3-9,18H,2,10-11H2,1H3. The molecule has 3 nitrogen and oxygen atoms in total. The lowest BCUT2D eigenvalue weighted by molar-refractivity contribution is 0.276. The molecule has 0 saturated heterocycles. The van der Waals surface area contributed by atoms with Crippen molar-refractivity contribution >= 4 is 11.6 Å². The predicted molar refractivity (Wildman–Crippen MR) is 79.7 cm³/mol. The van der Waals surface area contributed by atoms with E-state index in [9.17, 15) is 5.11 Å². The molecule has 0 aliphatic heterocycles. The third-order valence-electron chi connectivity index (χ3n) is 2.76. The van der Waals surface area contributed by atoms with Crippen LogP contribution in [0.15, 0.2) is 42.5 Å². The zero-order chi connectivity index (χ0) is 14.4. The van der Waals surface area contributed by atoms with Gasteiger partial charge in [-0.1, -0.05) is 24.6 Å². The van der Waals surface area contributed by atoms with Crippen molar-refractivity contribution in [3.05, 3.63) is 53.1 Å². The molecule has 0 aliphatic rings. The van der Waals surface area contributed by atoms with Gasteiger partial charge in [-0.25, -0.2) is 0 Å². The molecule has 0 heterocycles. The molecule has 0 atom stereocenters. The van der Waals surface area contributed by atoms with E-state index in [4.69, 9.17) is 21.1 Å². The van der Waals surface area contributed by atoms with Gasteiger partial charge in [-0.15, -0.1) is 0 Å². The first-order valence-electron chi connectivity index (χ1n) is 6.53. The fraction of sp³-hybridized carbons (Fsp3) is 0.250. The van der Waals surface area contributed by atoms with Gasteiger partial charge in [-0.3, -0.25) is 0 Å². The average Bonchev–Trinajstić information content (AvgIpc) is 2.47. The zero-order valence-electron chi connectivity index (χ0n) is 11.3. The van der Waals surface area contributed by atoms with E-state index < -0.39 is 0 Å². The normalized spacial score (nSPS) is 10.3. The summed E-state index contributed by atoms with van der Waals surface area (Å²) in [5, 5.41) is 9.83. The van der Waals surface area contributed by atoms with E-state index >= 15 is 0 Å². The van der Waals surface area contributed by atoms with Gasteiger partial charge in [-0.2, -0.15) is 0 Å². The summed E-state index contributed by atoms with van der Waals surface area (Å²) in [6.45, 7) is 2.60. The number of aliphatic hydroxyl groups excluding tert-OH is 1. The summed E-state index contributed by atoms with van der Waals surface area (Å²) in [7, 11) is 0. The molecule has 0 bridgehead atoms. The van der Waals surface area contributed by atoms with Crippen molar-refractivity contribution in [2.24, 2.45) is 0 Å². The van der Waals surface area contributed by atoms with Crippen LogP contribution < -0.4 is 9.47 Å². The lowest BCUT2D eigenvalue weighted by atomic mass is 10.2. The Morgan fingerprint density at radius 1 is 1.05 bits per heavy atom. The van der Waals surface area contributed by atoms with Crippen molar-refractivity contribution in [3.63, 3.8) is 0 Å². The summed E-state index contributed by atoms with van der Waals surface area (Å²) in [5.74, 6) is 2.04. The number of aliphatic hydroxyl groups is 1. The van der Waals surface area contributed by atoms with Crippen LogP contribution in [0.3, 0.4) is 0 Å². The Labute approximate surface area is 123 Å². The SMILES string of the molecule is CCCOc1ccc(Oc2cccc(Cl)c2CO)cc1. The van der Waals surface area contributed by atoms with Gasteiger partial charge in [0.2, 0.25) is 0 Å². The largest absolute Gasteiger partial charge is 0.494 e. The zero-order valence-corrected chi connectivity index (χ0v) is 12.1. The van der Waals surface area contributed by atoms with Crippen molar-refractivity contribution in [3.8, 4) is 17.2 Å². The lowest BCUT2D eigenvalue weighted by Crippen LogP contribution is -1.95. The highest BCUT2D eigenvalue weighted by Gasteiger charge is 2.08. The van der Waals surface area contributed by atoms with E-state index in [0.29, 0.717) is 28.7 Å². The fourth-order valence-corrected chi connectivity index (χ4v) is 1.96. The molecule has 4 heteroatoms. The minimum atomic E-state index is -0.160. The van der Waals surface area contributed by atoms with Crippen LogP contribution in [-0.2, 0) is 6.61 Å². The molecule has 0 spiro atoms. The number of hydrogen-bond acceptors (Lipinski definition) is 3. The molecular weight excluding hydrogens is 276 g/mol. The first-order valence-corrected chi connectivity index (χ1v) is 6.91. The molecule has 2 aromatic rings. The summed E-state index contributed by atoms with van der Waals surface area (Å²) < 4.78 is 11.2. The van der Waals surface area contributed by atoms with Gasteiger partial charge >= 0.3 is 0 Å². The van der Waals surface area contributed by atoms with Crippen LogP contribution in [0.25, 0.3) is 0 Å². The van der Waals surface area contributed by atoms with Gasteiger partial charge in [0.1, 0.15) is 17.2 Å². The molecule has 0 saturated carbocycles. The molecule has 0 unspecified atom stereocenters. The molecule has 2 rings (SSSR count). The number of ether oxygens (including phenoxy) is 2. The van der Waals surface area contributed by atoms with Crippen molar-refractivity contribution in [2.45, 2.75) is 20.0 Å².